The van der Waals surface area contributed by atoms with E-state index in [0.717, 1.165) is 21.4 Å². The highest BCUT2D eigenvalue weighted by Gasteiger charge is 2.04. The van der Waals surface area contributed by atoms with Crippen molar-refractivity contribution in [3.8, 4) is 10.8 Å². The van der Waals surface area contributed by atoms with E-state index in [9.17, 15) is 0 Å². The van der Waals surface area contributed by atoms with Gasteiger partial charge in [-0.3, -0.25) is 0 Å². The Hall–Kier alpha value is -0.740. The van der Waals surface area contributed by atoms with Gasteiger partial charge in [-0.05, 0) is 12.1 Å². The van der Waals surface area contributed by atoms with Crippen LogP contribution < -0.4 is 0 Å². The molecule has 0 saturated carbocycles. The van der Waals surface area contributed by atoms with Crippen molar-refractivity contribution >= 4 is 24.0 Å². The Morgan fingerprint density at radius 3 is 3.08 bits per heavy atom. The summed E-state index contributed by atoms with van der Waals surface area (Å²) >= 11 is 5.77. The molecule has 4 heteroatoms. The van der Waals surface area contributed by atoms with Gasteiger partial charge in [0.25, 0.3) is 0 Å². The number of hydrogen-bond acceptors (Lipinski definition) is 4. The number of nitrogens with zero attached hydrogens (tertiary/aromatic N) is 1. The molecule has 2 aromatic rings. The number of hydrogen-bond donors (Lipinski definition) is 1. The predicted octanol–water partition coefficient (Wildman–Crippen LogP) is 2.83. The Balaban J connectivity index is 2.35. The van der Waals surface area contributed by atoms with Gasteiger partial charge < -0.3 is 4.42 Å². The minimum Gasteiger partial charge on any atom is -0.462 e. The molecule has 0 atom stereocenters. The number of thiazole rings is 1. The van der Waals surface area contributed by atoms with Gasteiger partial charge in [0, 0.05) is 16.8 Å². The summed E-state index contributed by atoms with van der Waals surface area (Å²) < 4.78 is 5.20. The Bertz CT molecular complexity index is 353. The highest BCUT2D eigenvalue weighted by atomic mass is 32.1. The van der Waals surface area contributed by atoms with E-state index in [4.69, 9.17) is 4.42 Å². The Labute approximate surface area is 79.7 Å². The van der Waals surface area contributed by atoms with E-state index in [0.29, 0.717) is 0 Å². The lowest BCUT2D eigenvalue weighted by Crippen LogP contribution is -1.65. The minimum atomic E-state index is 0.734. The van der Waals surface area contributed by atoms with Crippen molar-refractivity contribution in [1.82, 2.24) is 4.98 Å². The molecule has 0 aliphatic carbocycles. The van der Waals surface area contributed by atoms with E-state index in [-0.39, 0.29) is 0 Å². The number of rotatable bonds is 2. The van der Waals surface area contributed by atoms with Crippen molar-refractivity contribution in [2.75, 3.05) is 0 Å². The number of thiol groups is 1. The van der Waals surface area contributed by atoms with Gasteiger partial charge in [-0.15, -0.1) is 11.3 Å². The van der Waals surface area contributed by atoms with E-state index >= 15 is 0 Å². The van der Waals surface area contributed by atoms with Crippen molar-refractivity contribution < 1.29 is 4.42 Å². The van der Waals surface area contributed by atoms with Gasteiger partial charge in [0.05, 0.1) is 6.26 Å². The highest BCUT2D eigenvalue weighted by Crippen LogP contribution is 2.25. The third kappa shape index (κ3) is 1.40. The molecule has 0 aliphatic heterocycles. The summed E-state index contributed by atoms with van der Waals surface area (Å²) in [6, 6.07) is 3.76. The van der Waals surface area contributed by atoms with Crippen molar-refractivity contribution in [2.45, 2.75) is 5.75 Å². The molecule has 0 radical (unpaired) electrons. The van der Waals surface area contributed by atoms with Gasteiger partial charge in [0.15, 0.2) is 10.8 Å². The topological polar surface area (TPSA) is 26.0 Å². The number of aromatic nitrogens is 1. The first-order chi connectivity index (χ1) is 5.90. The lowest BCUT2D eigenvalue weighted by Gasteiger charge is -1.85. The molecule has 2 nitrogen and oxygen atoms in total. The summed E-state index contributed by atoms with van der Waals surface area (Å²) in [7, 11) is 0. The molecule has 12 heavy (non-hydrogen) atoms. The molecule has 0 bridgehead atoms. The van der Waals surface area contributed by atoms with Crippen LogP contribution in [0.3, 0.4) is 0 Å². The van der Waals surface area contributed by atoms with Crippen LogP contribution in [0.4, 0.5) is 0 Å². The average molecular weight is 197 g/mol. The summed E-state index contributed by atoms with van der Waals surface area (Å²) in [5, 5.41) is 0.920. The van der Waals surface area contributed by atoms with Crippen LogP contribution in [0.25, 0.3) is 10.8 Å². The standard InChI is InChI=1S/C8H7NOS2/c11-5-6-4-9-8(12-6)7-2-1-3-10-7/h1-4,11H,5H2. The summed E-state index contributed by atoms with van der Waals surface area (Å²) in [4.78, 5) is 5.36. The summed E-state index contributed by atoms with van der Waals surface area (Å²) in [6.45, 7) is 0. The third-order valence-corrected chi connectivity index (χ3v) is 3.01. The fourth-order valence-electron chi connectivity index (χ4n) is 0.895. The maximum Gasteiger partial charge on any atom is 0.162 e. The van der Waals surface area contributed by atoms with E-state index in [2.05, 4.69) is 17.6 Å². The molecular formula is C8H7NOS2. The number of furan rings is 1. The molecule has 0 unspecified atom stereocenters. The van der Waals surface area contributed by atoms with E-state index < -0.39 is 0 Å². The molecule has 62 valence electrons. The predicted molar refractivity (Wildman–Crippen MR) is 52.5 cm³/mol. The second-order valence-corrected chi connectivity index (χ2v) is 3.70. The van der Waals surface area contributed by atoms with Crippen LogP contribution in [-0.4, -0.2) is 4.98 Å². The lowest BCUT2D eigenvalue weighted by molar-refractivity contribution is 0.582. The van der Waals surface area contributed by atoms with Crippen molar-refractivity contribution in [1.29, 1.82) is 0 Å². The zero-order valence-electron chi connectivity index (χ0n) is 6.23. The van der Waals surface area contributed by atoms with Crippen molar-refractivity contribution in [3.63, 3.8) is 0 Å². The van der Waals surface area contributed by atoms with Crippen LogP contribution >= 0.6 is 24.0 Å². The summed E-state index contributed by atoms with van der Waals surface area (Å²) in [5.74, 6) is 1.56. The monoisotopic (exact) mass is 197 g/mol. The quantitative estimate of drug-likeness (QED) is 0.749. The molecule has 2 rings (SSSR count). The molecule has 0 saturated heterocycles. The minimum absolute atomic E-state index is 0.734. The second-order valence-electron chi connectivity index (χ2n) is 2.27. The van der Waals surface area contributed by atoms with Gasteiger partial charge in [-0.25, -0.2) is 4.98 Å². The van der Waals surface area contributed by atoms with Gasteiger partial charge in [-0.1, -0.05) is 0 Å². The molecule has 0 N–H and O–H groups in total. The van der Waals surface area contributed by atoms with Crippen molar-refractivity contribution in [3.05, 3.63) is 29.5 Å². The fourth-order valence-corrected chi connectivity index (χ4v) is 1.91. The first-order valence-corrected chi connectivity index (χ1v) is 4.94. The fraction of sp³-hybridized carbons (Fsp3) is 0.125. The van der Waals surface area contributed by atoms with Crippen LogP contribution in [0.1, 0.15) is 4.88 Å². The van der Waals surface area contributed by atoms with Gasteiger partial charge in [0.1, 0.15) is 0 Å². The van der Waals surface area contributed by atoms with Crippen LogP contribution in [0.2, 0.25) is 0 Å². The molecule has 0 spiro atoms. The Kier molecular flexibility index (Phi) is 2.19. The smallest absolute Gasteiger partial charge is 0.162 e. The van der Waals surface area contributed by atoms with E-state index in [1.165, 1.54) is 0 Å². The van der Waals surface area contributed by atoms with Crippen molar-refractivity contribution in [2.24, 2.45) is 0 Å². The molecule has 0 fully saturated rings. The highest BCUT2D eigenvalue weighted by molar-refractivity contribution is 7.79. The van der Waals surface area contributed by atoms with E-state index in [1.807, 2.05) is 18.3 Å². The normalized spacial score (nSPS) is 10.4. The SMILES string of the molecule is SCc1cnc(-c2ccco2)s1. The molecule has 2 heterocycles. The molecular weight excluding hydrogens is 190 g/mol. The second kappa shape index (κ2) is 3.33. The maximum absolute atomic E-state index is 5.20. The van der Waals surface area contributed by atoms with E-state index in [1.54, 1.807) is 17.6 Å². The third-order valence-electron chi connectivity index (χ3n) is 1.44. The van der Waals surface area contributed by atoms with Gasteiger partial charge >= 0.3 is 0 Å². The summed E-state index contributed by atoms with van der Waals surface area (Å²) in [5.41, 5.74) is 0. The zero-order chi connectivity index (χ0) is 8.39. The maximum atomic E-state index is 5.20. The van der Waals surface area contributed by atoms with Crippen LogP contribution in [0.15, 0.2) is 29.0 Å². The van der Waals surface area contributed by atoms with Gasteiger partial charge in [-0.2, -0.15) is 12.6 Å². The zero-order valence-corrected chi connectivity index (χ0v) is 7.94. The first kappa shape index (κ1) is 7.89. The average Bonchev–Trinajstić information content (AvgIpc) is 2.75. The largest absolute Gasteiger partial charge is 0.462 e. The first-order valence-electron chi connectivity index (χ1n) is 3.49. The Morgan fingerprint density at radius 1 is 1.58 bits per heavy atom. The lowest BCUT2D eigenvalue weighted by atomic mass is 10.5. The Morgan fingerprint density at radius 2 is 2.50 bits per heavy atom. The molecule has 0 aliphatic rings. The van der Waals surface area contributed by atoms with Crippen LogP contribution in [0.5, 0.6) is 0 Å². The molecule has 2 aromatic heterocycles. The van der Waals surface area contributed by atoms with Gasteiger partial charge in [0.2, 0.25) is 0 Å². The van der Waals surface area contributed by atoms with Crippen LogP contribution in [0, 0.1) is 0 Å². The summed E-state index contributed by atoms with van der Waals surface area (Å²) in [6.07, 6.45) is 3.48. The van der Waals surface area contributed by atoms with Crippen LogP contribution in [-0.2, 0) is 5.75 Å². The molecule has 0 aromatic carbocycles. The molecule has 0 amide bonds.